The van der Waals surface area contributed by atoms with Crippen molar-refractivity contribution >= 4 is 17.8 Å². The van der Waals surface area contributed by atoms with Gasteiger partial charge in [0.05, 0.1) is 30.8 Å². The average molecular weight is 547 g/mol. The number of fused-ring (bicyclic) bond motifs is 1. The lowest BCUT2D eigenvalue weighted by atomic mass is 9.65. The molecule has 0 aliphatic carbocycles. The fourth-order valence-electron chi connectivity index (χ4n) is 7.65. The maximum absolute atomic E-state index is 14.7. The molecule has 2 unspecified atom stereocenters. The van der Waals surface area contributed by atoms with Crippen LogP contribution in [-0.2, 0) is 23.9 Å². The Morgan fingerprint density at radius 2 is 1.90 bits per heavy atom. The smallest absolute Gasteiger partial charge is 0.312 e. The zero-order chi connectivity index (χ0) is 29.4. The molecular formula is C31H50N2O6. The summed E-state index contributed by atoms with van der Waals surface area (Å²) in [4.78, 5) is 45.8. The van der Waals surface area contributed by atoms with Gasteiger partial charge in [-0.05, 0) is 64.7 Å². The molecule has 3 aliphatic rings. The fourth-order valence-corrected chi connectivity index (χ4v) is 7.65. The summed E-state index contributed by atoms with van der Waals surface area (Å²) in [6.45, 7) is 22.0. The van der Waals surface area contributed by atoms with Crippen LogP contribution in [0.25, 0.3) is 0 Å². The predicted molar refractivity (Wildman–Crippen MR) is 151 cm³/mol. The first-order chi connectivity index (χ1) is 18.2. The monoisotopic (exact) mass is 546 g/mol. The van der Waals surface area contributed by atoms with Crippen LogP contribution in [-0.4, -0.2) is 81.3 Å². The molecule has 0 saturated carbocycles. The minimum atomic E-state index is -1.16. The zero-order valence-electron chi connectivity index (χ0n) is 25.1. The average Bonchev–Trinajstić information content (AvgIpc) is 3.46. The standard InChI is InChI=1S/C31H50N2O6/c1-10-13-14-18-38-27(37)23-22-25(35)33(21(4)19-34)24(31(22)16-15-30(23,12-3)39-31)26(36)32(17-11-2)29(8,9)20-28(5,6)7/h10-11,21-24,34H,1-2,12-20H2,3-9H3/t21-,22+,23+,24?,30-,31?/m1/s1. The van der Waals surface area contributed by atoms with Gasteiger partial charge in [-0.1, -0.05) is 39.8 Å². The molecule has 3 saturated heterocycles. The highest BCUT2D eigenvalue weighted by atomic mass is 16.6. The number of amides is 2. The highest BCUT2D eigenvalue weighted by Gasteiger charge is 2.79. The molecule has 39 heavy (non-hydrogen) atoms. The highest BCUT2D eigenvalue weighted by molar-refractivity contribution is 5.99. The Labute approximate surface area is 234 Å². The van der Waals surface area contributed by atoms with Gasteiger partial charge in [-0.25, -0.2) is 0 Å². The van der Waals surface area contributed by atoms with E-state index < -0.39 is 46.6 Å². The van der Waals surface area contributed by atoms with Gasteiger partial charge in [-0.15, -0.1) is 13.2 Å². The lowest BCUT2D eigenvalue weighted by molar-refractivity contribution is -0.164. The van der Waals surface area contributed by atoms with Crippen molar-refractivity contribution in [1.82, 2.24) is 9.80 Å². The number of carbonyl (C=O) groups excluding carboxylic acids is 3. The number of rotatable bonds is 13. The molecule has 3 rings (SSSR count). The van der Waals surface area contributed by atoms with Crippen molar-refractivity contribution in [3.8, 4) is 0 Å². The number of hydrogen-bond acceptors (Lipinski definition) is 6. The molecule has 0 aromatic carbocycles. The second kappa shape index (κ2) is 11.4. The molecule has 0 radical (unpaired) electrons. The number of likely N-dealkylation sites (tertiary alicyclic amines) is 1. The van der Waals surface area contributed by atoms with Gasteiger partial charge < -0.3 is 24.4 Å². The van der Waals surface area contributed by atoms with E-state index in [1.165, 1.54) is 4.90 Å². The zero-order valence-corrected chi connectivity index (χ0v) is 25.1. The number of aliphatic hydroxyl groups is 1. The quantitative estimate of drug-likeness (QED) is 0.211. The van der Waals surface area contributed by atoms with Gasteiger partial charge in [0.25, 0.3) is 0 Å². The number of nitrogens with zero attached hydrogens (tertiary/aromatic N) is 2. The summed E-state index contributed by atoms with van der Waals surface area (Å²) >= 11 is 0. The van der Waals surface area contributed by atoms with Gasteiger partial charge in [-0.2, -0.15) is 0 Å². The van der Waals surface area contributed by atoms with Crippen LogP contribution in [0.3, 0.4) is 0 Å². The number of carbonyl (C=O) groups is 3. The molecule has 2 amide bonds. The molecule has 220 valence electrons. The molecule has 3 aliphatic heterocycles. The number of unbranched alkanes of at least 4 members (excludes halogenated alkanes) is 1. The van der Waals surface area contributed by atoms with Crippen molar-refractivity contribution in [2.24, 2.45) is 17.3 Å². The molecule has 0 aromatic heterocycles. The minimum absolute atomic E-state index is 0.0529. The number of ether oxygens (including phenoxy) is 2. The van der Waals surface area contributed by atoms with E-state index in [0.717, 1.165) is 12.8 Å². The number of esters is 1. The summed E-state index contributed by atoms with van der Waals surface area (Å²) in [7, 11) is 0. The van der Waals surface area contributed by atoms with Crippen LogP contribution < -0.4 is 0 Å². The predicted octanol–water partition coefficient (Wildman–Crippen LogP) is 4.26. The third kappa shape index (κ3) is 5.43. The lowest BCUT2D eigenvalue weighted by Crippen LogP contribution is -2.62. The van der Waals surface area contributed by atoms with Crippen LogP contribution in [0.2, 0.25) is 0 Å². The molecule has 0 aromatic rings. The first kappa shape index (κ1) is 31.3. The van der Waals surface area contributed by atoms with Crippen molar-refractivity contribution < 1.29 is 29.0 Å². The Morgan fingerprint density at radius 1 is 1.23 bits per heavy atom. The number of aliphatic hydroxyl groups excluding tert-OH is 1. The first-order valence-corrected chi connectivity index (χ1v) is 14.5. The van der Waals surface area contributed by atoms with Crippen LogP contribution in [0.15, 0.2) is 25.3 Å². The van der Waals surface area contributed by atoms with Crippen molar-refractivity contribution in [3.63, 3.8) is 0 Å². The molecule has 1 spiro atoms. The van der Waals surface area contributed by atoms with Crippen LogP contribution in [0.5, 0.6) is 0 Å². The number of hydrogen-bond donors (Lipinski definition) is 1. The normalized spacial score (nSPS) is 30.7. The lowest BCUT2D eigenvalue weighted by Gasteiger charge is -2.46. The molecule has 3 heterocycles. The minimum Gasteiger partial charge on any atom is -0.465 e. The molecule has 6 atom stereocenters. The molecule has 3 fully saturated rings. The summed E-state index contributed by atoms with van der Waals surface area (Å²) in [5.41, 5.74) is -2.61. The van der Waals surface area contributed by atoms with Gasteiger partial charge in [0, 0.05) is 12.1 Å². The van der Waals surface area contributed by atoms with E-state index in [9.17, 15) is 19.5 Å². The van der Waals surface area contributed by atoms with Crippen molar-refractivity contribution in [3.05, 3.63) is 25.3 Å². The topological polar surface area (TPSA) is 96.4 Å². The highest BCUT2D eigenvalue weighted by Crippen LogP contribution is 2.65. The first-order valence-electron chi connectivity index (χ1n) is 14.5. The van der Waals surface area contributed by atoms with E-state index in [1.807, 2.05) is 20.8 Å². The Hall–Kier alpha value is -2.19. The molecule has 1 N–H and O–H groups in total. The van der Waals surface area contributed by atoms with E-state index in [2.05, 4.69) is 33.9 Å². The second-order valence-corrected chi connectivity index (χ2v) is 13.5. The maximum atomic E-state index is 14.7. The second-order valence-electron chi connectivity index (χ2n) is 13.5. The van der Waals surface area contributed by atoms with Gasteiger partial charge in [-0.3, -0.25) is 14.4 Å². The summed E-state index contributed by atoms with van der Waals surface area (Å²) in [6.07, 6.45) is 7.18. The fraction of sp³-hybridized carbons (Fsp3) is 0.774. The third-order valence-corrected chi connectivity index (χ3v) is 8.91. The molecular weight excluding hydrogens is 496 g/mol. The maximum Gasteiger partial charge on any atom is 0.312 e. The number of allylic oxidation sites excluding steroid dienone is 1. The summed E-state index contributed by atoms with van der Waals surface area (Å²) in [5, 5.41) is 10.2. The summed E-state index contributed by atoms with van der Waals surface area (Å²) in [5.74, 6) is -2.62. The SMILES string of the molecule is C=CCCCOC(=O)[C@@H]1[C@H]2C(=O)N([C@H](C)CO)C(C(=O)N(CC=C)C(C)(C)CC(C)(C)C)C23CC[C@@]1(CC)O3. The van der Waals surface area contributed by atoms with E-state index in [1.54, 1.807) is 24.0 Å². The van der Waals surface area contributed by atoms with Gasteiger partial charge >= 0.3 is 5.97 Å². The summed E-state index contributed by atoms with van der Waals surface area (Å²) in [6, 6.07) is -1.57. The molecule has 2 bridgehead atoms. The van der Waals surface area contributed by atoms with Crippen molar-refractivity contribution in [2.75, 3.05) is 19.8 Å². The Balaban J connectivity index is 2.09. The molecule has 8 nitrogen and oxygen atoms in total. The summed E-state index contributed by atoms with van der Waals surface area (Å²) < 4.78 is 12.5. The van der Waals surface area contributed by atoms with E-state index >= 15 is 0 Å². The van der Waals surface area contributed by atoms with E-state index in [-0.39, 0.29) is 30.4 Å². The van der Waals surface area contributed by atoms with Crippen LogP contribution in [0, 0.1) is 17.3 Å². The largest absolute Gasteiger partial charge is 0.465 e. The third-order valence-electron chi connectivity index (χ3n) is 8.91. The van der Waals surface area contributed by atoms with Crippen molar-refractivity contribution in [1.29, 1.82) is 0 Å². The van der Waals surface area contributed by atoms with Crippen LogP contribution >= 0.6 is 0 Å². The van der Waals surface area contributed by atoms with Crippen molar-refractivity contribution in [2.45, 2.75) is 116 Å². The van der Waals surface area contributed by atoms with E-state index in [4.69, 9.17) is 9.47 Å². The Morgan fingerprint density at radius 3 is 2.44 bits per heavy atom. The van der Waals surface area contributed by atoms with Crippen LogP contribution in [0.1, 0.15) is 87.0 Å². The van der Waals surface area contributed by atoms with Gasteiger partial charge in [0.1, 0.15) is 17.6 Å². The Kier molecular flexibility index (Phi) is 9.13. The van der Waals surface area contributed by atoms with E-state index in [0.29, 0.717) is 32.2 Å². The van der Waals surface area contributed by atoms with Crippen LogP contribution in [0.4, 0.5) is 0 Å². The molecule has 8 heteroatoms. The van der Waals surface area contributed by atoms with Gasteiger partial charge in [0.15, 0.2) is 0 Å². The Bertz CT molecular complexity index is 971. The van der Waals surface area contributed by atoms with Gasteiger partial charge in [0.2, 0.25) is 11.8 Å².